The van der Waals surface area contributed by atoms with Crippen LogP contribution in [0.2, 0.25) is 0 Å². The van der Waals surface area contributed by atoms with Crippen molar-refractivity contribution in [2.75, 3.05) is 6.61 Å². The lowest BCUT2D eigenvalue weighted by atomic mass is 9.82. The molecule has 0 aromatic heterocycles. The van der Waals surface area contributed by atoms with E-state index in [0.717, 1.165) is 19.3 Å². The highest BCUT2D eigenvalue weighted by Crippen LogP contribution is 2.54. The van der Waals surface area contributed by atoms with Crippen molar-refractivity contribution in [2.45, 2.75) is 51.6 Å². The van der Waals surface area contributed by atoms with Gasteiger partial charge < -0.3 is 9.47 Å². The lowest BCUT2D eigenvalue weighted by Gasteiger charge is -2.36. The fourth-order valence-electron chi connectivity index (χ4n) is 3.53. The van der Waals surface area contributed by atoms with Crippen molar-refractivity contribution in [1.82, 2.24) is 0 Å². The van der Waals surface area contributed by atoms with Gasteiger partial charge in [-0.15, -0.1) is 0 Å². The summed E-state index contributed by atoms with van der Waals surface area (Å²) in [5.41, 5.74) is -0.0201. The Morgan fingerprint density at radius 1 is 1.37 bits per heavy atom. The maximum atomic E-state index is 11.8. The number of esters is 2. The van der Waals surface area contributed by atoms with E-state index in [4.69, 9.17) is 9.47 Å². The highest BCUT2D eigenvalue weighted by molar-refractivity contribution is 5.88. The molecular weight excluding hydrogens is 244 g/mol. The zero-order valence-electron chi connectivity index (χ0n) is 11.7. The van der Waals surface area contributed by atoms with Gasteiger partial charge in [-0.3, -0.25) is 0 Å². The Labute approximate surface area is 114 Å². The predicted octanol–water partition coefficient (Wildman–Crippen LogP) is 2.62. The zero-order valence-corrected chi connectivity index (χ0v) is 11.7. The quantitative estimate of drug-likeness (QED) is 0.567. The van der Waals surface area contributed by atoms with E-state index in [0.29, 0.717) is 11.8 Å². The number of rotatable bonds is 5. The summed E-state index contributed by atoms with van der Waals surface area (Å²) < 4.78 is 10.5. The number of hydrogen-bond acceptors (Lipinski definition) is 4. The fourth-order valence-corrected chi connectivity index (χ4v) is 3.53. The summed E-state index contributed by atoms with van der Waals surface area (Å²) in [5, 5.41) is 0. The van der Waals surface area contributed by atoms with Crippen molar-refractivity contribution in [3.05, 3.63) is 12.2 Å². The van der Waals surface area contributed by atoms with Crippen molar-refractivity contribution in [3.63, 3.8) is 0 Å². The monoisotopic (exact) mass is 266 g/mol. The Hall–Kier alpha value is -1.32. The molecule has 0 aliphatic heterocycles. The van der Waals surface area contributed by atoms with Crippen LogP contribution in [0.1, 0.15) is 46.0 Å². The topological polar surface area (TPSA) is 52.6 Å². The van der Waals surface area contributed by atoms with Gasteiger partial charge in [-0.1, -0.05) is 13.5 Å². The Morgan fingerprint density at radius 3 is 2.58 bits per heavy atom. The average molecular weight is 266 g/mol. The summed E-state index contributed by atoms with van der Waals surface area (Å²) in [4.78, 5) is 23.1. The molecule has 2 fully saturated rings. The van der Waals surface area contributed by atoms with E-state index in [1.54, 1.807) is 6.92 Å². The number of carbonyl (C=O) groups excluding carboxylic acids is 2. The summed E-state index contributed by atoms with van der Waals surface area (Å²) in [7, 11) is 0. The molecule has 3 unspecified atom stereocenters. The molecule has 2 aliphatic carbocycles. The van der Waals surface area contributed by atoms with E-state index in [1.165, 1.54) is 12.8 Å². The Balaban J connectivity index is 1.87. The second-order valence-corrected chi connectivity index (χ2v) is 5.83. The molecule has 2 aliphatic rings. The van der Waals surface area contributed by atoms with Crippen LogP contribution < -0.4 is 0 Å². The number of fused-ring (bicyclic) bond motifs is 2. The van der Waals surface area contributed by atoms with E-state index in [-0.39, 0.29) is 17.8 Å². The number of hydrogen-bond donors (Lipinski definition) is 0. The van der Waals surface area contributed by atoms with Crippen molar-refractivity contribution in [1.29, 1.82) is 0 Å². The minimum atomic E-state index is -0.546. The van der Waals surface area contributed by atoms with Crippen LogP contribution in [0.25, 0.3) is 0 Å². The molecule has 0 N–H and O–H groups in total. The van der Waals surface area contributed by atoms with Crippen LogP contribution in [0.5, 0.6) is 0 Å². The summed E-state index contributed by atoms with van der Waals surface area (Å²) in [5.74, 6) is 0.207. The second-order valence-electron chi connectivity index (χ2n) is 5.83. The summed E-state index contributed by atoms with van der Waals surface area (Å²) in [6.07, 6.45) is 5.39. The first kappa shape index (κ1) is 14.1. The van der Waals surface area contributed by atoms with Crippen LogP contribution in [-0.4, -0.2) is 24.1 Å². The van der Waals surface area contributed by atoms with Crippen LogP contribution in [0, 0.1) is 11.8 Å². The molecule has 0 radical (unpaired) electrons. The second kappa shape index (κ2) is 5.35. The molecule has 2 saturated carbocycles. The SMILES string of the molecule is C=C(C)C(=O)OCC(=O)OC1(CC)CC2CCC1C2. The van der Waals surface area contributed by atoms with Gasteiger partial charge in [-0.2, -0.15) is 0 Å². The third kappa shape index (κ3) is 2.82. The minimum Gasteiger partial charge on any atom is -0.456 e. The normalized spacial score (nSPS) is 32.1. The largest absolute Gasteiger partial charge is 0.456 e. The van der Waals surface area contributed by atoms with Gasteiger partial charge in [-0.05, 0) is 50.9 Å². The molecule has 0 amide bonds. The standard InChI is InChI=1S/C15H22O4/c1-4-15(8-11-5-6-12(15)7-11)19-13(16)9-18-14(17)10(2)3/h11-12H,2,4-9H2,1,3H3. The third-order valence-electron chi connectivity index (χ3n) is 4.50. The van der Waals surface area contributed by atoms with Crippen LogP contribution in [-0.2, 0) is 19.1 Å². The first-order chi connectivity index (χ1) is 8.97. The van der Waals surface area contributed by atoms with Gasteiger partial charge in [-0.25, -0.2) is 9.59 Å². The minimum absolute atomic E-state index is 0.290. The highest BCUT2D eigenvalue weighted by atomic mass is 16.6. The van der Waals surface area contributed by atoms with Gasteiger partial charge in [0.2, 0.25) is 0 Å². The van der Waals surface area contributed by atoms with E-state index in [2.05, 4.69) is 13.5 Å². The Morgan fingerprint density at radius 2 is 2.11 bits per heavy atom. The van der Waals surface area contributed by atoms with Crippen molar-refractivity contribution >= 4 is 11.9 Å². The first-order valence-corrected chi connectivity index (χ1v) is 7.01. The molecule has 0 heterocycles. The maximum Gasteiger partial charge on any atom is 0.344 e. The molecule has 0 aromatic rings. The maximum absolute atomic E-state index is 11.8. The van der Waals surface area contributed by atoms with Crippen LogP contribution >= 0.6 is 0 Å². The number of carbonyl (C=O) groups is 2. The molecule has 0 saturated heterocycles. The Kier molecular flexibility index (Phi) is 3.97. The zero-order chi connectivity index (χ0) is 14.0. The van der Waals surface area contributed by atoms with E-state index < -0.39 is 11.9 Å². The van der Waals surface area contributed by atoms with Crippen LogP contribution in [0.3, 0.4) is 0 Å². The van der Waals surface area contributed by atoms with Gasteiger partial charge in [0.25, 0.3) is 0 Å². The van der Waals surface area contributed by atoms with E-state index in [9.17, 15) is 9.59 Å². The predicted molar refractivity (Wildman–Crippen MR) is 70.3 cm³/mol. The van der Waals surface area contributed by atoms with Crippen molar-refractivity contribution in [3.8, 4) is 0 Å². The average Bonchev–Trinajstić information content (AvgIpc) is 2.96. The first-order valence-electron chi connectivity index (χ1n) is 7.01. The molecule has 3 atom stereocenters. The summed E-state index contributed by atoms with van der Waals surface area (Å²) in [6, 6.07) is 0. The number of ether oxygens (including phenoxy) is 2. The molecule has 2 rings (SSSR count). The summed E-state index contributed by atoms with van der Waals surface area (Å²) in [6.45, 7) is 6.77. The van der Waals surface area contributed by atoms with E-state index in [1.807, 2.05) is 0 Å². The van der Waals surface area contributed by atoms with Gasteiger partial charge in [0, 0.05) is 5.57 Å². The van der Waals surface area contributed by atoms with Crippen LogP contribution in [0.15, 0.2) is 12.2 Å². The van der Waals surface area contributed by atoms with Crippen molar-refractivity contribution in [2.24, 2.45) is 11.8 Å². The van der Waals surface area contributed by atoms with Gasteiger partial charge in [0.1, 0.15) is 5.60 Å². The van der Waals surface area contributed by atoms with Gasteiger partial charge in [0.15, 0.2) is 6.61 Å². The fraction of sp³-hybridized carbons (Fsp3) is 0.733. The van der Waals surface area contributed by atoms with Crippen molar-refractivity contribution < 1.29 is 19.1 Å². The lowest BCUT2D eigenvalue weighted by molar-refractivity contribution is -0.174. The van der Waals surface area contributed by atoms with Gasteiger partial charge >= 0.3 is 11.9 Å². The molecule has 0 aromatic carbocycles. The lowest BCUT2D eigenvalue weighted by Crippen LogP contribution is -2.41. The molecule has 4 heteroatoms. The Bertz CT molecular complexity index is 401. The van der Waals surface area contributed by atoms with Crippen LogP contribution in [0.4, 0.5) is 0 Å². The third-order valence-corrected chi connectivity index (χ3v) is 4.50. The smallest absolute Gasteiger partial charge is 0.344 e. The highest BCUT2D eigenvalue weighted by Gasteiger charge is 2.52. The molecule has 0 spiro atoms. The molecular formula is C15H22O4. The molecule has 106 valence electrons. The van der Waals surface area contributed by atoms with Gasteiger partial charge in [0.05, 0.1) is 0 Å². The molecule has 19 heavy (non-hydrogen) atoms. The molecule has 4 nitrogen and oxygen atoms in total. The molecule has 2 bridgehead atoms. The van der Waals surface area contributed by atoms with E-state index >= 15 is 0 Å². The summed E-state index contributed by atoms with van der Waals surface area (Å²) >= 11 is 0.